The van der Waals surface area contributed by atoms with Gasteiger partial charge in [-0.2, -0.15) is 0 Å². The van der Waals surface area contributed by atoms with Crippen molar-refractivity contribution in [2.24, 2.45) is 0 Å². The second kappa shape index (κ2) is 6.65. The van der Waals surface area contributed by atoms with Gasteiger partial charge in [0.1, 0.15) is 23.8 Å². The highest BCUT2D eigenvalue weighted by Crippen LogP contribution is 2.35. The molecule has 21 heavy (non-hydrogen) atoms. The van der Waals surface area contributed by atoms with Gasteiger partial charge in [0.2, 0.25) is 0 Å². The van der Waals surface area contributed by atoms with E-state index in [1.165, 1.54) is 12.3 Å². The maximum absolute atomic E-state index is 13.3. The van der Waals surface area contributed by atoms with Gasteiger partial charge in [0.05, 0.1) is 12.8 Å². The van der Waals surface area contributed by atoms with Crippen LogP contribution in [0.4, 0.5) is 4.39 Å². The molecule has 0 saturated carbocycles. The molecule has 1 N–H and O–H groups in total. The van der Waals surface area contributed by atoms with Gasteiger partial charge in [-0.15, -0.1) is 0 Å². The first-order valence-corrected chi connectivity index (χ1v) is 6.60. The number of rotatable bonds is 6. The summed E-state index contributed by atoms with van der Waals surface area (Å²) in [4.78, 5) is 3.79. The summed E-state index contributed by atoms with van der Waals surface area (Å²) in [5.74, 6) is 0.0365. The number of pyridine rings is 1. The van der Waals surface area contributed by atoms with Crippen LogP contribution in [0, 0.1) is 5.82 Å². The Morgan fingerprint density at radius 2 is 2.00 bits per heavy atom. The quantitative estimate of drug-likeness (QED) is 0.831. The van der Waals surface area contributed by atoms with E-state index >= 15 is 0 Å². The average Bonchev–Trinajstić information content (AvgIpc) is 2.48. The summed E-state index contributed by atoms with van der Waals surface area (Å²) in [7, 11) is 1.59. The maximum Gasteiger partial charge on any atom is 0.141 e. The van der Waals surface area contributed by atoms with Crippen LogP contribution in [0.5, 0.6) is 5.75 Å². The lowest BCUT2D eigenvalue weighted by Crippen LogP contribution is -2.24. The van der Waals surface area contributed by atoms with Crippen LogP contribution in [-0.2, 0) is 10.3 Å². The zero-order valence-corrected chi connectivity index (χ0v) is 12.0. The summed E-state index contributed by atoms with van der Waals surface area (Å²) in [6.07, 6.45) is 2.54. The Morgan fingerprint density at radius 3 is 2.71 bits per heavy atom. The van der Waals surface area contributed by atoms with Crippen LogP contribution in [0.15, 0.2) is 42.7 Å². The average molecular weight is 291 g/mol. The number of para-hydroxylation sites is 1. The van der Waals surface area contributed by atoms with E-state index in [2.05, 4.69) is 4.98 Å². The second-order valence-electron chi connectivity index (χ2n) is 4.80. The van der Waals surface area contributed by atoms with Gasteiger partial charge in [0.25, 0.3) is 0 Å². The first-order chi connectivity index (χ1) is 10.1. The molecule has 1 atom stereocenters. The minimum Gasteiger partial charge on any atom is -0.491 e. The topological polar surface area (TPSA) is 51.6 Å². The molecule has 0 spiro atoms. The van der Waals surface area contributed by atoms with Gasteiger partial charge in [-0.25, -0.2) is 4.39 Å². The number of hydrogen-bond donors (Lipinski definition) is 1. The number of nitrogens with zero attached hydrogens (tertiary/aromatic N) is 1. The third-order valence-electron chi connectivity index (χ3n) is 3.22. The van der Waals surface area contributed by atoms with Crippen LogP contribution < -0.4 is 4.74 Å². The highest BCUT2D eigenvalue weighted by atomic mass is 19.1. The van der Waals surface area contributed by atoms with Crippen LogP contribution in [0.25, 0.3) is 0 Å². The van der Waals surface area contributed by atoms with Crippen molar-refractivity contribution in [2.45, 2.75) is 12.5 Å². The molecule has 0 radical (unpaired) electrons. The molecule has 1 aromatic heterocycles. The number of benzene rings is 1. The molecule has 1 aromatic carbocycles. The molecule has 1 heterocycles. The molecule has 0 saturated heterocycles. The van der Waals surface area contributed by atoms with Crippen LogP contribution in [0.1, 0.15) is 18.1 Å². The molecule has 2 aromatic rings. The van der Waals surface area contributed by atoms with Gasteiger partial charge in [-0.3, -0.25) is 4.98 Å². The Bertz CT molecular complexity index is 602. The van der Waals surface area contributed by atoms with Gasteiger partial charge in [-0.1, -0.05) is 18.2 Å². The molecule has 0 fully saturated rings. The molecule has 0 amide bonds. The molecule has 4 nitrogen and oxygen atoms in total. The number of halogens is 1. The van der Waals surface area contributed by atoms with Gasteiger partial charge >= 0.3 is 0 Å². The van der Waals surface area contributed by atoms with Crippen LogP contribution >= 0.6 is 0 Å². The van der Waals surface area contributed by atoms with Crippen LogP contribution in [-0.4, -0.2) is 30.4 Å². The third-order valence-corrected chi connectivity index (χ3v) is 3.22. The molecule has 0 aliphatic heterocycles. The van der Waals surface area contributed by atoms with E-state index in [9.17, 15) is 9.50 Å². The summed E-state index contributed by atoms with van der Waals surface area (Å²) in [5.41, 5.74) is -0.488. The highest BCUT2D eigenvalue weighted by Gasteiger charge is 2.29. The van der Waals surface area contributed by atoms with E-state index < -0.39 is 11.4 Å². The van der Waals surface area contributed by atoms with Crippen molar-refractivity contribution < 1.29 is 19.0 Å². The lowest BCUT2D eigenvalue weighted by atomic mass is 9.88. The largest absolute Gasteiger partial charge is 0.491 e. The predicted octanol–water partition coefficient (Wildman–Crippen LogP) is 2.50. The fourth-order valence-electron chi connectivity index (χ4n) is 2.06. The first-order valence-electron chi connectivity index (χ1n) is 6.60. The Morgan fingerprint density at radius 1 is 1.24 bits per heavy atom. The SMILES string of the molecule is COCCOc1ccccc1C(C)(O)c1cncc(F)c1. The van der Waals surface area contributed by atoms with Crippen molar-refractivity contribution in [1.82, 2.24) is 4.98 Å². The molecule has 5 heteroatoms. The third kappa shape index (κ3) is 3.56. The zero-order valence-electron chi connectivity index (χ0n) is 12.0. The summed E-state index contributed by atoms with van der Waals surface area (Å²) in [5, 5.41) is 10.8. The molecule has 0 aliphatic rings. The predicted molar refractivity (Wildman–Crippen MR) is 76.7 cm³/mol. The normalized spacial score (nSPS) is 13.7. The van der Waals surface area contributed by atoms with E-state index in [0.717, 1.165) is 6.20 Å². The van der Waals surface area contributed by atoms with Crippen LogP contribution in [0.2, 0.25) is 0 Å². The Labute approximate surface area is 123 Å². The first kappa shape index (κ1) is 15.4. The number of aliphatic hydroxyl groups is 1. The monoisotopic (exact) mass is 291 g/mol. The van der Waals surface area contributed by atoms with Crippen LogP contribution in [0.3, 0.4) is 0 Å². The molecule has 2 rings (SSSR count). The van der Waals surface area contributed by atoms with E-state index in [4.69, 9.17) is 9.47 Å². The number of aromatic nitrogens is 1. The van der Waals surface area contributed by atoms with Gasteiger partial charge in [0, 0.05) is 24.4 Å². The van der Waals surface area contributed by atoms with Crippen molar-refractivity contribution in [1.29, 1.82) is 0 Å². The van der Waals surface area contributed by atoms with Crippen molar-refractivity contribution in [2.75, 3.05) is 20.3 Å². The summed E-state index contributed by atoms with van der Waals surface area (Å²) >= 11 is 0. The van der Waals surface area contributed by atoms with Gasteiger partial charge < -0.3 is 14.6 Å². The number of hydrogen-bond acceptors (Lipinski definition) is 4. The molecular formula is C16H18FNO3. The molecule has 0 bridgehead atoms. The smallest absolute Gasteiger partial charge is 0.141 e. The fourth-order valence-corrected chi connectivity index (χ4v) is 2.06. The van der Waals surface area contributed by atoms with Gasteiger partial charge in [-0.05, 0) is 19.1 Å². The van der Waals surface area contributed by atoms with E-state index in [1.807, 2.05) is 6.07 Å². The maximum atomic E-state index is 13.3. The molecule has 1 unspecified atom stereocenters. The molecular weight excluding hydrogens is 273 g/mol. The van der Waals surface area contributed by atoms with Crippen molar-refractivity contribution in [3.63, 3.8) is 0 Å². The van der Waals surface area contributed by atoms with E-state index in [0.29, 0.717) is 30.1 Å². The molecule has 112 valence electrons. The lowest BCUT2D eigenvalue weighted by molar-refractivity contribution is 0.0936. The summed E-state index contributed by atoms with van der Waals surface area (Å²) in [6.45, 7) is 2.39. The van der Waals surface area contributed by atoms with E-state index in [-0.39, 0.29) is 0 Å². The lowest BCUT2D eigenvalue weighted by Gasteiger charge is -2.26. The standard InChI is InChI=1S/C16H18FNO3/c1-16(19,12-9-13(17)11-18-10-12)14-5-3-4-6-15(14)21-8-7-20-2/h3-6,9-11,19H,7-8H2,1-2H3. The minimum atomic E-state index is -1.40. The van der Waals surface area contributed by atoms with E-state index in [1.54, 1.807) is 32.2 Å². The summed E-state index contributed by atoms with van der Waals surface area (Å²) in [6, 6.07) is 8.36. The van der Waals surface area contributed by atoms with Crippen molar-refractivity contribution in [3.8, 4) is 5.75 Å². The summed E-state index contributed by atoms with van der Waals surface area (Å²) < 4.78 is 23.9. The Hall–Kier alpha value is -1.98. The number of ether oxygens (including phenoxy) is 2. The highest BCUT2D eigenvalue weighted by molar-refractivity contribution is 5.43. The molecule has 0 aliphatic carbocycles. The Balaban J connectivity index is 2.35. The Kier molecular flexibility index (Phi) is 4.88. The minimum absolute atomic E-state index is 0.366. The second-order valence-corrected chi connectivity index (χ2v) is 4.80. The van der Waals surface area contributed by atoms with Gasteiger partial charge in [0.15, 0.2) is 0 Å². The zero-order chi connectivity index (χ0) is 15.3. The number of methoxy groups -OCH3 is 1. The van der Waals surface area contributed by atoms with Crippen molar-refractivity contribution in [3.05, 3.63) is 59.7 Å². The fraction of sp³-hybridized carbons (Fsp3) is 0.312. The van der Waals surface area contributed by atoms with Crippen molar-refractivity contribution >= 4 is 0 Å².